The quantitative estimate of drug-likeness (QED) is 0.489. The molecule has 2 N–H and O–H groups in total. The van der Waals surface area contributed by atoms with E-state index < -0.39 is 20.5 Å². The maximum absolute atomic E-state index is 11.0. The van der Waals surface area contributed by atoms with E-state index in [0.29, 0.717) is 6.29 Å². The first-order valence-electron chi connectivity index (χ1n) is 2.79. The van der Waals surface area contributed by atoms with Crippen LogP contribution in [0.3, 0.4) is 0 Å². The fourth-order valence-corrected chi connectivity index (χ4v) is 1.88. The lowest BCUT2D eigenvalue weighted by Gasteiger charge is -2.33. The third kappa shape index (κ3) is 1.37. The van der Waals surface area contributed by atoms with Gasteiger partial charge in [0.1, 0.15) is 0 Å². The molecule has 0 spiro atoms. The first-order chi connectivity index (χ1) is 5.47. The summed E-state index contributed by atoms with van der Waals surface area (Å²) in [4.78, 5) is 19.6. The second kappa shape index (κ2) is 2.70. The highest BCUT2D eigenvalue weighted by Gasteiger charge is 2.31. The van der Waals surface area contributed by atoms with Gasteiger partial charge in [0, 0.05) is 17.1 Å². The molecule has 1 aliphatic heterocycles. The predicted octanol–water partition coefficient (Wildman–Crippen LogP) is 0.500. The van der Waals surface area contributed by atoms with Gasteiger partial charge in [-0.1, -0.05) is 0 Å². The summed E-state index contributed by atoms with van der Waals surface area (Å²) in [6.45, 7) is 0. The molecule has 66 valence electrons. The van der Waals surface area contributed by atoms with Crippen LogP contribution < -0.4 is 0 Å². The smallest absolute Gasteiger partial charge is 0.376 e. The average Bonchev–Trinajstić information content (AvgIpc) is 2.25. The summed E-state index contributed by atoms with van der Waals surface area (Å²) in [5.74, 6) is 0. The molecule has 7 heteroatoms. The van der Waals surface area contributed by atoms with Gasteiger partial charge in [-0.2, -0.15) is 0 Å². The zero-order chi connectivity index (χ0) is 9.35. The van der Waals surface area contributed by atoms with Crippen LogP contribution in [-0.2, 0) is 4.79 Å². The molecule has 6 nitrogen and oxygen atoms in total. The molecular formula is C5H5NO5S. The van der Waals surface area contributed by atoms with Gasteiger partial charge in [0.25, 0.3) is 4.92 Å². The summed E-state index contributed by atoms with van der Waals surface area (Å²) < 4.78 is 19.9. The lowest BCUT2D eigenvalue weighted by molar-refractivity contribution is -0.747. The van der Waals surface area contributed by atoms with Gasteiger partial charge in [-0.3, -0.25) is 4.79 Å². The van der Waals surface area contributed by atoms with Gasteiger partial charge in [-0.25, -0.2) is 15.8 Å². The number of hydrogen-bond acceptors (Lipinski definition) is 4. The van der Waals surface area contributed by atoms with E-state index in [-0.39, 0.29) is 5.57 Å². The van der Waals surface area contributed by atoms with E-state index in [9.17, 15) is 14.3 Å². The number of hydrogen-bond donors (Lipinski definition) is 2. The third-order valence-electron chi connectivity index (χ3n) is 1.21. The highest BCUT2D eigenvalue weighted by molar-refractivity contribution is 8.30. The van der Waals surface area contributed by atoms with Crippen molar-refractivity contribution in [1.29, 1.82) is 0 Å². The van der Waals surface area contributed by atoms with Crippen molar-refractivity contribution in [2.24, 2.45) is 0 Å². The first-order valence-corrected chi connectivity index (χ1v) is 4.36. The summed E-state index contributed by atoms with van der Waals surface area (Å²) >= 11 is 0. The Bertz CT molecular complexity index is 305. The van der Waals surface area contributed by atoms with Gasteiger partial charge in [0.15, 0.2) is 6.29 Å². The number of nitrogens with zero attached hydrogens (tertiary/aromatic N) is 1. The summed E-state index contributed by atoms with van der Waals surface area (Å²) in [6.07, 6.45) is 1.16. The molecule has 0 aliphatic carbocycles. The van der Waals surface area contributed by atoms with E-state index in [1.54, 1.807) is 0 Å². The Morgan fingerprint density at radius 3 is 2.50 bits per heavy atom. The molecule has 0 saturated heterocycles. The molecule has 0 amide bonds. The van der Waals surface area contributed by atoms with Crippen LogP contribution in [0, 0.1) is 4.91 Å². The van der Waals surface area contributed by atoms with E-state index in [1.165, 1.54) is 0 Å². The van der Waals surface area contributed by atoms with Crippen LogP contribution in [0.25, 0.3) is 0 Å². The van der Waals surface area contributed by atoms with Crippen LogP contribution in [0.5, 0.6) is 0 Å². The number of carbonyl (C=O) groups is 1. The minimum absolute atomic E-state index is 0.104. The van der Waals surface area contributed by atoms with Crippen molar-refractivity contribution in [3.63, 3.8) is 0 Å². The fourth-order valence-electron chi connectivity index (χ4n) is 0.735. The van der Waals surface area contributed by atoms with E-state index in [0.717, 1.165) is 11.5 Å². The van der Waals surface area contributed by atoms with Gasteiger partial charge in [-0.05, 0) is 0 Å². The van der Waals surface area contributed by atoms with E-state index in [1.807, 2.05) is 0 Å². The Morgan fingerprint density at radius 1 is 1.67 bits per heavy atom. The van der Waals surface area contributed by atoms with E-state index in [2.05, 4.69) is 0 Å². The minimum Gasteiger partial charge on any atom is -0.756 e. The molecule has 1 heterocycles. The number of aldehydes is 1. The van der Waals surface area contributed by atoms with Crippen LogP contribution >= 0.6 is 10.6 Å². The Balaban J connectivity index is 3.08. The van der Waals surface area contributed by atoms with Crippen LogP contribution in [0.4, 0.5) is 0 Å². The molecule has 0 aromatic heterocycles. The number of carbonyl (C=O) groups excluding carboxylic acids is 1. The monoisotopic (exact) mass is 191 g/mol. The molecule has 0 bridgehead atoms. The maximum atomic E-state index is 11.0. The molecular weight excluding hydrogens is 186 g/mol. The molecule has 0 fully saturated rings. The highest BCUT2D eigenvalue weighted by atomic mass is 32.3. The van der Waals surface area contributed by atoms with E-state index in [4.69, 9.17) is 9.76 Å². The second-order valence-electron chi connectivity index (χ2n) is 2.06. The molecule has 1 unspecified atom stereocenters. The van der Waals surface area contributed by atoms with Crippen molar-refractivity contribution in [3.8, 4) is 0 Å². The lowest BCUT2D eigenvalue weighted by Crippen LogP contribution is -2.06. The summed E-state index contributed by atoms with van der Waals surface area (Å²) in [7, 11) is -3.67. The second-order valence-corrected chi connectivity index (χ2v) is 3.85. The number of rotatable bonds is 2. The molecule has 1 atom stereocenters. The molecule has 0 saturated carbocycles. The zero-order valence-electron chi connectivity index (χ0n) is 5.71. The molecule has 12 heavy (non-hydrogen) atoms. The van der Waals surface area contributed by atoms with Crippen LogP contribution in [-0.4, -0.2) is 25.5 Å². The van der Waals surface area contributed by atoms with Crippen molar-refractivity contribution >= 4 is 16.9 Å². The summed E-state index contributed by atoms with van der Waals surface area (Å²) in [5.41, 5.74) is -0.104. The van der Waals surface area contributed by atoms with Gasteiger partial charge < -0.3 is 9.11 Å². The fraction of sp³-hybridized carbons (Fsp3) is 0. The minimum atomic E-state index is -3.67. The molecule has 0 aromatic carbocycles. The summed E-state index contributed by atoms with van der Waals surface area (Å²) in [6, 6.07) is 0. The SMILES string of the molecule is O=CC1=CS([O-])(O)C([N+](=O)O)=C1. The first kappa shape index (κ1) is 8.91. The maximum Gasteiger partial charge on any atom is 0.376 e. The average molecular weight is 191 g/mol. The van der Waals surface area contributed by atoms with Crippen molar-refractivity contribution in [2.45, 2.75) is 0 Å². The Hall–Kier alpha value is -1.18. The van der Waals surface area contributed by atoms with Crippen LogP contribution in [0.15, 0.2) is 22.1 Å². The standard InChI is InChI=1S/C5H5NO5S/c7-2-4-1-5(6(8)9)12(10,11)3-4/h1-3H,(H2-,8,9,10,11). The molecule has 1 rings (SSSR count). The van der Waals surface area contributed by atoms with Gasteiger partial charge in [0.2, 0.25) is 0 Å². The molecule has 0 aromatic rings. The Morgan fingerprint density at radius 2 is 2.25 bits per heavy atom. The zero-order valence-corrected chi connectivity index (χ0v) is 6.52. The van der Waals surface area contributed by atoms with Gasteiger partial charge in [0.05, 0.1) is 4.91 Å². The normalized spacial score (nSPS) is 33.2. The third-order valence-corrected chi connectivity index (χ3v) is 2.68. The summed E-state index contributed by atoms with van der Waals surface area (Å²) in [5, 5.41) is 8.31. The largest absolute Gasteiger partial charge is 0.756 e. The Kier molecular flexibility index (Phi) is 2.01. The topological polar surface area (TPSA) is 101 Å². The van der Waals surface area contributed by atoms with Crippen molar-refractivity contribution in [3.05, 3.63) is 27.0 Å². The van der Waals surface area contributed by atoms with Crippen molar-refractivity contribution in [1.82, 2.24) is 0 Å². The van der Waals surface area contributed by atoms with E-state index >= 15 is 0 Å². The predicted molar refractivity (Wildman–Crippen MR) is 38.6 cm³/mol. The van der Waals surface area contributed by atoms with Crippen LogP contribution in [0.1, 0.15) is 0 Å². The van der Waals surface area contributed by atoms with Gasteiger partial charge in [-0.15, -0.1) is 0 Å². The molecule has 0 radical (unpaired) electrons. The van der Waals surface area contributed by atoms with Crippen molar-refractivity contribution in [2.75, 3.05) is 0 Å². The highest BCUT2D eigenvalue weighted by Crippen LogP contribution is 2.53. The van der Waals surface area contributed by atoms with Crippen molar-refractivity contribution < 1.29 is 24.0 Å². The van der Waals surface area contributed by atoms with Crippen LogP contribution in [0.2, 0.25) is 0 Å². The molecule has 1 aliphatic rings. The van der Waals surface area contributed by atoms with Gasteiger partial charge >= 0.3 is 5.03 Å². The Labute approximate surface area is 68.7 Å². The lowest BCUT2D eigenvalue weighted by atomic mass is 10.3. The number of allylic oxidation sites excluding steroid dienone is 2.